The van der Waals surface area contributed by atoms with Crippen LogP contribution < -0.4 is 0 Å². The topological polar surface area (TPSA) is 63.7 Å². The van der Waals surface area contributed by atoms with Crippen LogP contribution in [0.15, 0.2) is 53.4 Å². The molecule has 1 unspecified atom stereocenters. The van der Waals surface area contributed by atoms with Crippen LogP contribution in [0.2, 0.25) is 0 Å². The Bertz CT molecular complexity index is 1030. The number of rotatable bonds is 2. The van der Waals surface area contributed by atoms with Crippen LogP contribution in [0.5, 0.6) is 0 Å². The van der Waals surface area contributed by atoms with Gasteiger partial charge in [-0.25, -0.2) is 13.2 Å². The maximum Gasteiger partial charge on any atom is 0.416 e. The van der Waals surface area contributed by atoms with Crippen molar-refractivity contribution < 1.29 is 31.1 Å². The fourth-order valence-electron chi connectivity index (χ4n) is 3.80. The third-order valence-electron chi connectivity index (χ3n) is 5.17. The highest BCUT2D eigenvalue weighted by Crippen LogP contribution is 2.43. The van der Waals surface area contributed by atoms with Crippen LogP contribution in [0.3, 0.4) is 0 Å². The van der Waals surface area contributed by atoms with E-state index in [1.165, 1.54) is 4.31 Å². The minimum Gasteiger partial charge on any atom is -0.449 e. The van der Waals surface area contributed by atoms with Crippen LogP contribution in [0.25, 0.3) is 0 Å². The number of sulfonamides is 1. The minimum atomic E-state index is -4.54. The second kappa shape index (κ2) is 6.31. The number of piperidine rings is 1. The van der Waals surface area contributed by atoms with E-state index in [-0.39, 0.29) is 18.0 Å². The Balaban J connectivity index is 1.66. The number of ether oxygens (including phenoxy) is 1. The average Bonchev–Trinajstić information content (AvgIpc) is 2.93. The molecule has 1 atom stereocenters. The van der Waals surface area contributed by atoms with Gasteiger partial charge in [0.1, 0.15) is 0 Å². The number of halogens is 3. The maximum atomic E-state index is 13.0. The zero-order valence-corrected chi connectivity index (χ0v) is 15.4. The molecule has 0 amide bonds. The van der Waals surface area contributed by atoms with Crippen LogP contribution in [-0.2, 0) is 26.5 Å². The van der Waals surface area contributed by atoms with Crippen LogP contribution in [-0.4, -0.2) is 31.8 Å². The van der Waals surface area contributed by atoms with Crippen LogP contribution in [0, 0.1) is 0 Å². The van der Waals surface area contributed by atoms with E-state index in [2.05, 4.69) is 0 Å². The van der Waals surface area contributed by atoms with E-state index in [9.17, 15) is 26.4 Å². The summed E-state index contributed by atoms with van der Waals surface area (Å²) in [5.41, 5.74) is -0.922. The molecule has 4 rings (SSSR count). The van der Waals surface area contributed by atoms with Gasteiger partial charge >= 0.3 is 12.1 Å². The smallest absolute Gasteiger partial charge is 0.416 e. The predicted octanol–water partition coefficient (Wildman–Crippen LogP) is 3.56. The highest BCUT2D eigenvalue weighted by molar-refractivity contribution is 7.89. The Hall–Kier alpha value is -2.39. The van der Waals surface area contributed by atoms with E-state index in [1.807, 2.05) is 0 Å². The number of fused-ring (bicyclic) bond motifs is 2. The largest absolute Gasteiger partial charge is 0.449 e. The summed E-state index contributed by atoms with van der Waals surface area (Å²) in [4.78, 5) is 12.0. The van der Waals surface area contributed by atoms with E-state index >= 15 is 0 Å². The molecule has 0 aromatic heterocycles. The molecule has 1 saturated heterocycles. The molecule has 2 heterocycles. The zero-order valence-electron chi connectivity index (χ0n) is 14.6. The normalized spacial score (nSPS) is 22.9. The monoisotopic (exact) mass is 411 g/mol. The quantitative estimate of drug-likeness (QED) is 0.709. The molecule has 0 saturated carbocycles. The number of carbonyl (C=O) groups excluding carboxylic acids is 1. The van der Waals surface area contributed by atoms with Crippen molar-refractivity contribution in [1.29, 1.82) is 0 Å². The first-order valence-electron chi connectivity index (χ1n) is 8.64. The van der Waals surface area contributed by atoms with Gasteiger partial charge in [-0.3, -0.25) is 0 Å². The number of benzene rings is 2. The summed E-state index contributed by atoms with van der Waals surface area (Å²) in [7, 11) is -4.03. The Morgan fingerprint density at radius 3 is 2.39 bits per heavy atom. The molecular weight excluding hydrogens is 395 g/mol. The van der Waals surface area contributed by atoms with Crippen molar-refractivity contribution >= 4 is 16.0 Å². The summed E-state index contributed by atoms with van der Waals surface area (Å²) in [6.07, 6.45) is -3.60. The lowest BCUT2D eigenvalue weighted by Gasteiger charge is -2.38. The van der Waals surface area contributed by atoms with Crippen LogP contribution >= 0.6 is 0 Å². The molecule has 2 aromatic rings. The number of nitrogens with zero attached hydrogens (tertiary/aromatic N) is 1. The van der Waals surface area contributed by atoms with Crippen LogP contribution in [0.1, 0.15) is 34.3 Å². The Labute approximate surface area is 159 Å². The third kappa shape index (κ3) is 2.98. The van der Waals surface area contributed by atoms with Gasteiger partial charge in [-0.1, -0.05) is 18.2 Å². The summed E-state index contributed by atoms with van der Waals surface area (Å²) in [5.74, 6) is -0.496. The Morgan fingerprint density at radius 2 is 1.71 bits per heavy atom. The summed E-state index contributed by atoms with van der Waals surface area (Å²) >= 11 is 0. The summed E-state index contributed by atoms with van der Waals surface area (Å²) in [6.45, 7) is 0.129. The first-order valence-corrected chi connectivity index (χ1v) is 10.1. The predicted molar refractivity (Wildman–Crippen MR) is 93.0 cm³/mol. The highest BCUT2D eigenvalue weighted by Gasteiger charge is 2.50. The molecule has 0 aliphatic carbocycles. The molecule has 1 fully saturated rings. The highest BCUT2D eigenvalue weighted by atomic mass is 32.2. The van der Waals surface area contributed by atoms with Gasteiger partial charge in [-0.15, -0.1) is 0 Å². The maximum absolute atomic E-state index is 13.0. The summed E-state index contributed by atoms with van der Waals surface area (Å²) in [6, 6.07) is 10.2. The van der Waals surface area contributed by atoms with Crippen molar-refractivity contribution in [3.63, 3.8) is 0 Å². The van der Waals surface area contributed by atoms with Gasteiger partial charge in [0.15, 0.2) is 5.60 Å². The van der Waals surface area contributed by atoms with E-state index in [4.69, 9.17) is 4.74 Å². The molecule has 0 N–H and O–H groups in total. The van der Waals surface area contributed by atoms with Gasteiger partial charge in [0.05, 0.1) is 22.6 Å². The van der Waals surface area contributed by atoms with Crippen molar-refractivity contribution in [3.05, 3.63) is 65.2 Å². The van der Waals surface area contributed by atoms with Gasteiger partial charge in [0.2, 0.25) is 10.0 Å². The van der Waals surface area contributed by atoms with Crippen molar-refractivity contribution in [2.45, 2.75) is 29.5 Å². The minimum absolute atomic E-state index is 0.0703. The van der Waals surface area contributed by atoms with E-state index in [0.29, 0.717) is 24.0 Å². The van der Waals surface area contributed by atoms with E-state index < -0.39 is 33.3 Å². The van der Waals surface area contributed by atoms with Crippen molar-refractivity contribution in [2.75, 3.05) is 13.1 Å². The molecule has 0 radical (unpaired) electrons. The zero-order chi connectivity index (χ0) is 20.2. The van der Waals surface area contributed by atoms with Gasteiger partial charge in [-0.2, -0.15) is 17.5 Å². The number of hydrogen-bond acceptors (Lipinski definition) is 4. The lowest BCUT2D eigenvalue weighted by molar-refractivity contribution is -0.137. The standard InChI is InChI=1S/C19H16F3NO4S/c20-19(21,22)13-6-8-14(9-7-13)28(25,26)23-11-3-10-18(12-23)16-5-2-1-4-15(16)17(24)27-18/h1-2,4-9H,3,10-12H2. The lowest BCUT2D eigenvalue weighted by atomic mass is 9.86. The molecule has 2 aliphatic heterocycles. The molecule has 28 heavy (non-hydrogen) atoms. The summed E-state index contributed by atoms with van der Waals surface area (Å²) in [5, 5.41) is 0. The third-order valence-corrected chi connectivity index (χ3v) is 7.02. The molecule has 2 aliphatic rings. The molecule has 2 aromatic carbocycles. The summed E-state index contributed by atoms with van der Waals surface area (Å²) < 4.78 is 71.0. The Kier molecular flexibility index (Phi) is 4.27. The molecule has 1 spiro atoms. The van der Waals surface area contributed by atoms with Gasteiger partial charge in [0.25, 0.3) is 0 Å². The number of alkyl halides is 3. The Morgan fingerprint density at radius 1 is 1.04 bits per heavy atom. The average molecular weight is 411 g/mol. The second-order valence-corrected chi connectivity index (χ2v) is 8.83. The first-order chi connectivity index (χ1) is 13.1. The van der Waals surface area contributed by atoms with Gasteiger partial charge in [0, 0.05) is 12.1 Å². The molecule has 5 nitrogen and oxygen atoms in total. The second-order valence-electron chi connectivity index (χ2n) is 6.89. The molecule has 9 heteroatoms. The van der Waals surface area contributed by atoms with Crippen LogP contribution in [0.4, 0.5) is 13.2 Å². The fraction of sp³-hybridized carbons (Fsp3) is 0.316. The fourth-order valence-corrected chi connectivity index (χ4v) is 5.33. The molecular formula is C19H16F3NO4S. The molecule has 0 bridgehead atoms. The first kappa shape index (κ1) is 18.9. The number of carbonyl (C=O) groups is 1. The molecule has 148 valence electrons. The lowest BCUT2D eigenvalue weighted by Crippen LogP contribution is -2.48. The van der Waals surface area contributed by atoms with Crippen molar-refractivity contribution in [1.82, 2.24) is 4.31 Å². The van der Waals surface area contributed by atoms with Crippen molar-refractivity contribution in [2.24, 2.45) is 0 Å². The van der Waals surface area contributed by atoms with E-state index in [1.54, 1.807) is 24.3 Å². The SMILES string of the molecule is O=C1OC2(CCCN(S(=O)(=O)c3ccc(C(F)(F)F)cc3)C2)c2ccccc21. The number of esters is 1. The van der Waals surface area contributed by atoms with Crippen molar-refractivity contribution in [3.8, 4) is 0 Å². The van der Waals surface area contributed by atoms with Gasteiger partial charge in [-0.05, 0) is 43.2 Å². The van der Waals surface area contributed by atoms with Gasteiger partial charge < -0.3 is 4.74 Å². The van der Waals surface area contributed by atoms with E-state index in [0.717, 1.165) is 24.3 Å². The number of hydrogen-bond donors (Lipinski definition) is 0.